The number of aliphatic carboxylic acids is 1. The summed E-state index contributed by atoms with van der Waals surface area (Å²) in [4.78, 5) is 11.3. The Morgan fingerprint density at radius 1 is 1.33 bits per heavy atom. The Morgan fingerprint density at radius 3 is 2.61 bits per heavy atom. The summed E-state index contributed by atoms with van der Waals surface area (Å²) >= 11 is 0. The van der Waals surface area contributed by atoms with Crippen LogP contribution in [0.1, 0.15) is 11.5 Å². The minimum Gasteiger partial charge on any atom is -0.481 e. The number of hydrogen-bond acceptors (Lipinski definition) is 4. The fraction of sp³-hybridized carbons (Fsp3) is 0.462. The molecule has 2 N–H and O–H groups in total. The average Bonchev–Trinajstić information content (AvgIpc) is 2.41. The molecule has 5 nitrogen and oxygen atoms in total. The average molecular weight is 250 g/mol. The maximum atomic E-state index is 11.3. The number of hydrazine groups is 1. The van der Waals surface area contributed by atoms with Crippen LogP contribution in [-0.2, 0) is 9.53 Å². The number of hydrogen-bond donors (Lipinski definition) is 2. The van der Waals surface area contributed by atoms with E-state index in [1.54, 1.807) is 0 Å². The first-order valence-electron chi connectivity index (χ1n) is 6.11. The molecular formula is C13H18N2O3. The number of morpholine rings is 1. The van der Waals surface area contributed by atoms with Crippen molar-refractivity contribution >= 4 is 5.97 Å². The number of rotatable bonds is 5. The minimum absolute atomic E-state index is 0.402. The lowest BCUT2D eigenvalue weighted by atomic mass is 10.00. The van der Waals surface area contributed by atoms with Gasteiger partial charge in [-0.25, -0.2) is 5.01 Å². The number of nitrogens with zero attached hydrogens (tertiary/aromatic N) is 1. The van der Waals surface area contributed by atoms with Gasteiger partial charge in [0.25, 0.3) is 0 Å². The van der Waals surface area contributed by atoms with E-state index >= 15 is 0 Å². The second kappa shape index (κ2) is 6.49. The molecule has 1 aromatic rings. The molecule has 1 heterocycles. The van der Waals surface area contributed by atoms with Crippen molar-refractivity contribution in [3.8, 4) is 0 Å². The normalized spacial score (nSPS) is 18.4. The van der Waals surface area contributed by atoms with Gasteiger partial charge in [0, 0.05) is 19.6 Å². The molecule has 0 radical (unpaired) electrons. The van der Waals surface area contributed by atoms with Crippen LogP contribution < -0.4 is 5.43 Å². The lowest BCUT2D eigenvalue weighted by Crippen LogP contribution is -2.47. The van der Waals surface area contributed by atoms with E-state index in [9.17, 15) is 9.90 Å². The van der Waals surface area contributed by atoms with Crippen LogP contribution in [0.5, 0.6) is 0 Å². The van der Waals surface area contributed by atoms with E-state index in [-0.39, 0.29) is 0 Å². The zero-order valence-electron chi connectivity index (χ0n) is 10.2. The van der Waals surface area contributed by atoms with Gasteiger partial charge in [0.2, 0.25) is 0 Å². The maximum absolute atomic E-state index is 11.3. The molecule has 0 spiro atoms. The van der Waals surface area contributed by atoms with E-state index < -0.39 is 11.9 Å². The third kappa shape index (κ3) is 3.53. The largest absolute Gasteiger partial charge is 0.481 e. The summed E-state index contributed by atoms with van der Waals surface area (Å²) in [5, 5.41) is 11.3. The summed E-state index contributed by atoms with van der Waals surface area (Å²) in [5.41, 5.74) is 4.00. The van der Waals surface area contributed by atoms with E-state index in [4.69, 9.17) is 4.74 Å². The predicted octanol–water partition coefficient (Wildman–Crippen LogP) is 0.692. The van der Waals surface area contributed by atoms with Gasteiger partial charge in [0.15, 0.2) is 0 Å². The highest BCUT2D eigenvalue weighted by Gasteiger charge is 2.20. The molecule has 1 aliphatic heterocycles. The van der Waals surface area contributed by atoms with Crippen molar-refractivity contribution in [2.24, 2.45) is 0 Å². The highest BCUT2D eigenvalue weighted by Crippen LogP contribution is 2.14. The Kier molecular flexibility index (Phi) is 4.69. The third-order valence-electron chi connectivity index (χ3n) is 3.03. The van der Waals surface area contributed by atoms with Gasteiger partial charge >= 0.3 is 5.97 Å². The van der Waals surface area contributed by atoms with E-state index in [0.29, 0.717) is 19.8 Å². The van der Waals surface area contributed by atoms with Crippen molar-refractivity contribution in [3.05, 3.63) is 35.9 Å². The fourth-order valence-electron chi connectivity index (χ4n) is 1.97. The predicted molar refractivity (Wildman–Crippen MR) is 67.2 cm³/mol. The molecule has 1 unspecified atom stereocenters. The molecule has 98 valence electrons. The minimum atomic E-state index is -0.804. The van der Waals surface area contributed by atoms with Crippen LogP contribution in [0.4, 0.5) is 0 Å². The Labute approximate surface area is 106 Å². The molecule has 5 heteroatoms. The maximum Gasteiger partial charge on any atom is 0.312 e. The van der Waals surface area contributed by atoms with E-state index in [2.05, 4.69) is 5.43 Å². The monoisotopic (exact) mass is 250 g/mol. The number of ether oxygens (including phenoxy) is 1. The van der Waals surface area contributed by atoms with Crippen molar-refractivity contribution in [1.29, 1.82) is 0 Å². The first kappa shape index (κ1) is 13.0. The molecule has 2 rings (SSSR count). The number of carboxylic acid groups (broad SMARTS) is 1. The van der Waals surface area contributed by atoms with Crippen LogP contribution in [0, 0.1) is 0 Å². The van der Waals surface area contributed by atoms with Crippen molar-refractivity contribution in [2.45, 2.75) is 5.92 Å². The van der Waals surface area contributed by atoms with Crippen LogP contribution in [0.15, 0.2) is 30.3 Å². The highest BCUT2D eigenvalue weighted by molar-refractivity contribution is 5.76. The summed E-state index contributed by atoms with van der Waals surface area (Å²) in [7, 11) is 0. The van der Waals surface area contributed by atoms with Gasteiger partial charge in [-0.1, -0.05) is 30.3 Å². The summed E-state index contributed by atoms with van der Waals surface area (Å²) < 4.78 is 5.24. The number of carboxylic acids is 1. The lowest BCUT2D eigenvalue weighted by molar-refractivity contribution is -0.139. The van der Waals surface area contributed by atoms with Gasteiger partial charge in [0.1, 0.15) is 0 Å². The second-order valence-corrected chi connectivity index (χ2v) is 4.26. The Balaban J connectivity index is 1.92. The van der Waals surface area contributed by atoms with Crippen LogP contribution in [0.3, 0.4) is 0 Å². The molecule has 1 atom stereocenters. The van der Waals surface area contributed by atoms with Gasteiger partial charge in [-0.3, -0.25) is 10.2 Å². The van der Waals surface area contributed by atoms with Crippen molar-refractivity contribution in [3.63, 3.8) is 0 Å². The smallest absolute Gasteiger partial charge is 0.312 e. The van der Waals surface area contributed by atoms with Gasteiger partial charge in [-0.05, 0) is 5.56 Å². The standard InChI is InChI=1S/C13H18N2O3/c16-13(17)12(11-4-2-1-3-5-11)10-14-15-6-8-18-9-7-15/h1-5,12,14H,6-10H2,(H,16,17). The Bertz CT molecular complexity index is 377. The van der Waals surface area contributed by atoms with Gasteiger partial charge in [0.05, 0.1) is 19.1 Å². The number of carbonyl (C=O) groups is 1. The topological polar surface area (TPSA) is 61.8 Å². The van der Waals surface area contributed by atoms with Crippen LogP contribution in [-0.4, -0.2) is 48.9 Å². The van der Waals surface area contributed by atoms with E-state index in [1.165, 1.54) is 0 Å². The highest BCUT2D eigenvalue weighted by atomic mass is 16.5. The summed E-state index contributed by atoms with van der Waals surface area (Å²) in [5.74, 6) is -1.32. The summed E-state index contributed by atoms with van der Waals surface area (Å²) in [6, 6.07) is 9.30. The third-order valence-corrected chi connectivity index (χ3v) is 3.03. The van der Waals surface area contributed by atoms with Crippen molar-refractivity contribution in [2.75, 3.05) is 32.8 Å². The molecule has 0 aromatic heterocycles. The quantitative estimate of drug-likeness (QED) is 0.805. The molecule has 0 saturated carbocycles. The fourth-order valence-corrected chi connectivity index (χ4v) is 1.97. The van der Waals surface area contributed by atoms with Crippen LogP contribution >= 0.6 is 0 Å². The van der Waals surface area contributed by atoms with Gasteiger partial charge in [-0.15, -0.1) is 0 Å². The van der Waals surface area contributed by atoms with Gasteiger partial charge < -0.3 is 9.84 Å². The van der Waals surface area contributed by atoms with Crippen molar-refractivity contribution in [1.82, 2.24) is 10.4 Å². The summed E-state index contributed by atoms with van der Waals surface area (Å²) in [6.45, 7) is 3.37. The first-order valence-corrected chi connectivity index (χ1v) is 6.11. The lowest BCUT2D eigenvalue weighted by Gasteiger charge is -2.28. The van der Waals surface area contributed by atoms with Crippen molar-refractivity contribution < 1.29 is 14.6 Å². The SMILES string of the molecule is O=C(O)C(CNN1CCOCC1)c1ccccc1. The molecule has 1 aliphatic rings. The summed E-state index contributed by atoms with van der Waals surface area (Å²) in [6.07, 6.45) is 0. The zero-order chi connectivity index (χ0) is 12.8. The van der Waals surface area contributed by atoms with E-state index in [1.807, 2.05) is 35.3 Å². The Morgan fingerprint density at radius 2 is 2.00 bits per heavy atom. The molecule has 0 aliphatic carbocycles. The van der Waals surface area contributed by atoms with Crippen LogP contribution in [0.25, 0.3) is 0 Å². The molecule has 1 aromatic carbocycles. The molecule has 0 amide bonds. The zero-order valence-corrected chi connectivity index (χ0v) is 10.2. The molecule has 1 fully saturated rings. The second-order valence-electron chi connectivity index (χ2n) is 4.26. The molecular weight excluding hydrogens is 232 g/mol. The Hall–Kier alpha value is -1.43. The van der Waals surface area contributed by atoms with E-state index in [0.717, 1.165) is 18.7 Å². The number of nitrogens with one attached hydrogen (secondary N) is 1. The number of benzene rings is 1. The molecule has 1 saturated heterocycles. The first-order chi connectivity index (χ1) is 8.77. The molecule has 18 heavy (non-hydrogen) atoms. The van der Waals surface area contributed by atoms with Crippen LogP contribution in [0.2, 0.25) is 0 Å². The van der Waals surface area contributed by atoms with Gasteiger partial charge in [-0.2, -0.15) is 0 Å². The molecule has 0 bridgehead atoms.